The smallest absolute Gasteiger partial charge is 0.226 e. The second-order valence-electron chi connectivity index (χ2n) is 9.15. The third-order valence-electron chi connectivity index (χ3n) is 7.41. The van der Waals surface area contributed by atoms with E-state index < -0.39 is 0 Å². The lowest BCUT2D eigenvalue weighted by Crippen LogP contribution is -2.67. The number of nitrogens with one attached hydrogen (secondary N) is 1. The highest BCUT2D eigenvalue weighted by Gasteiger charge is 2.45. The van der Waals surface area contributed by atoms with Crippen LogP contribution in [0.15, 0.2) is 0 Å². The Morgan fingerprint density at radius 2 is 1.63 bits per heavy atom. The normalized spacial score (nSPS) is 37.9. The summed E-state index contributed by atoms with van der Waals surface area (Å²) in [6.07, 6.45) is 9.97. The number of carbonyl (C=O) groups excluding carboxylic acids is 2. The van der Waals surface area contributed by atoms with Crippen LogP contribution in [0.5, 0.6) is 0 Å². The Morgan fingerprint density at radius 3 is 2.26 bits per heavy atom. The van der Waals surface area contributed by atoms with Gasteiger partial charge in [-0.25, -0.2) is 5.01 Å². The van der Waals surface area contributed by atoms with Crippen molar-refractivity contribution in [2.75, 3.05) is 19.6 Å². The Morgan fingerprint density at radius 1 is 0.926 bits per heavy atom. The van der Waals surface area contributed by atoms with E-state index in [-0.39, 0.29) is 30.0 Å². The molecule has 6 nitrogen and oxygen atoms in total. The number of rotatable bonds is 2. The average Bonchev–Trinajstić information content (AvgIpc) is 3.21. The van der Waals surface area contributed by atoms with Gasteiger partial charge >= 0.3 is 0 Å². The minimum absolute atomic E-state index is 0.135. The molecule has 0 aromatic heterocycles. The first-order chi connectivity index (χ1) is 13.1. The van der Waals surface area contributed by atoms with Gasteiger partial charge in [-0.1, -0.05) is 12.8 Å². The fourth-order valence-corrected chi connectivity index (χ4v) is 6.14. The van der Waals surface area contributed by atoms with Crippen molar-refractivity contribution in [3.63, 3.8) is 0 Å². The molecule has 2 saturated heterocycles. The Hall–Kier alpha value is -1.14. The Labute approximate surface area is 163 Å². The van der Waals surface area contributed by atoms with E-state index >= 15 is 0 Å². The molecule has 4 rings (SSSR count). The molecule has 2 aliphatic carbocycles. The standard InChI is InChI=1S/C21H36N4O2/c1-15-14-23(19-6-3-4-7-20(19)25(15)16(2)26)21(27)17-8-10-18(11-9-17)24-13-5-12-22-24/h15,17-20,22H,3-14H2,1-2H3. The van der Waals surface area contributed by atoms with Gasteiger partial charge in [0.15, 0.2) is 0 Å². The predicted octanol–water partition coefficient (Wildman–Crippen LogP) is 2.15. The molecule has 4 fully saturated rings. The van der Waals surface area contributed by atoms with E-state index in [0.717, 1.165) is 51.6 Å². The lowest BCUT2D eigenvalue weighted by atomic mass is 9.81. The molecule has 27 heavy (non-hydrogen) atoms. The van der Waals surface area contributed by atoms with Gasteiger partial charge in [-0.3, -0.25) is 15.0 Å². The molecule has 6 heteroatoms. The zero-order chi connectivity index (χ0) is 19.0. The van der Waals surface area contributed by atoms with E-state index in [1.807, 2.05) is 0 Å². The molecule has 152 valence electrons. The minimum atomic E-state index is 0.135. The predicted molar refractivity (Wildman–Crippen MR) is 105 cm³/mol. The van der Waals surface area contributed by atoms with Crippen LogP contribution in [0.3, 0.4) is 0 Å². The van der Waals surface area contributed by atoms with Gasteiger partial charge in [-0.05, 0) is 51.9 Å². The number of hydrogen-bond acceptors (Lipinski definition) is 4. The molecule has 1 N–H and O–H groups in total. The van der Waals surface area contributed by atoms with Crippen molar-refractivity contribution in [3.8, 4) is 0 Å². The summed E-state index contributed by atoms with van der Waals surface area (Å²) in [6, 6.07) is 1.21. The molecule has 0 spiro atoms. The number of amides is 2. The van der Waals surface area contributed by atoms with Gasteiger partial charge in [0.05, 0.1) is 12.1 Å². The first-order valence-corrected chi connectivity index (χ1v) is 11.2. The molecule has 2 aliphatic heterocycles. The largest absolute Gasteiger partial charge is 0.335 e. The topological polar surface area (TPSA) is 55.9 Å². The highest BCUT2D eigenvalue weighted by atomic mass is 16.2. The quantitative estimate of drug-likeness (QED) is 0.802. The number of carbonyl (C=O) groups is 2. The van der Waals surface area contributed by atoms with Gasteiger partial charge < -0.3 is 9.80 Å². The number of nitrogens with zero attached hydrogens (tertiary/aromatic N) is 3. The molecule has 0 radical (unpaired) electrons. The van der Waals surface area contributed by atoms with Gasteiger partial charge in [0.25, 0.3) is 0 Å². The molecule has 2 amide bonds. The van der Waals surface area contributed by atoms with Crippen molar-refractivity contribution in [2.24, 2.45) is 5.92 Å². The second-order valence-corrected chi connectivity index (χ2v) is 9.15. The zero-order valence-corrected chi connectivity index (χ0v) is 17.0. The van der Waals surface area contributed by atoms with Crippen molar-refractivity contribution >= 4 is 11.8 Å². The Kier molecular flexibility index (Phi) is 5.74. The fraction of sp³-hybridized carbons (Fsp3) is 0.905. The number of fused-ring (bicyclic) bond motifs is 1. The molecular weight excluding hydrogens is 340 g/mol. The van der Waals surface area contributed by atoms with Crippen molar-refractivity contribution in [1.29, 1.82) is 0 Å². The SMILES string of the molecule is CC(=O)N1C(C)CN(C(=O)C2CCC(N3CCCN3)CC2)C2CCCCC21. The number of hydrazine groups is 1. The van der Waals surface area contributed by atoms with Crippen LogP contribution in [0.1, 0.15) is 71.6 Å². The van der Waals surface area contributed by atoms with Crippen molar-refractivity contribution in [1.82, 2.24) is 20.2 Å². The summed E-state index contributed by atoms with van der Waals surface area (Å²) in [5.74, 6) is 0.724. The van der Waals surface area contributed by atoms with Crippen LogP contribution in [0.4, 0.5) is 0 Å². The Balaban J connectivity index is 1.41. The average molecular weight is 377 g/mol. The third kappa shape index (κ3) is 3.75. The van der Waals surface area contributed by atoms with Crippen LogP contribution in [0, 0.1) is 5.92 Å². The van der Waals surface area contributed by atoms with Crippen molar-refractivity contribution < 1.29 is 9.59 Å². The molecule has 0 bridgehead atoms. The summed E-state index contributed by atoms with van der Waals surface area (Å²) < 4.78 is 0. The zero-order valence-electron chi connectivity index (χ0n) is 17.0. The summed E-state index contributed by atoms with van der Waals surface area (Å²) in [4.78, 5) is 29.9. The maximum atomic E-state index is 13.5. The van der Waals surface area contributed by atoms with E-state index in [4.69, 9.17) is 0 Å². The van der Waals surface area contributed by atoms with Gasteiger partial charge in [0, 0.05) is 44.6 Å². The van der Waals surface area contributed by atoms with E-state index in [9.17, 15) is 9.59 Å². The maximum absolute atomic E-state index is 13.5. The summed E-state index contributed by atoms with van der Waals surface area (Å²) in [5.41, 5.74) is 3.49. The molecule has 0 aromatic rings. The van der Waals surface area contributed by atoms with E-state index in [0.29, 0.717) is 18.5 Å². The van der Waals surface area contributed by atoms with Crippen molar-refractivity contribution in [3.05, 3.63) is 0 Å². The molecule has 4 aliphatic rings. The van der Waals surface area contributed by atoms with Crippen LogP contribution in [-0.2, 0) is 9.59 Å². The fourth-order valence-electron chi connectivity index (χ4n) is 6.14. The van der Waals surface area contributed by atoms with Crippen LogP contribution in [0.25, 0.3) is 0 Å². The summed E-state index contributed by atoms with van der Waals surface area (Å²) in [5, 5.41) is 2.41. The van der Waals surface area contributed by atoms with Crippen LogP contribution in [-0.4, -0.2) is 70.4 Å². The second kappa shape index (κ2) is 8.08. The van der Waals surface area contributed by atoms with Crippen LogP contribution in [0.2, 0.25) is 0 Å². The first kappa shape index (κ1) is 19.2. The van der Waals surface area contributed by atoms with Gasteiger partial charge in [-0.15, -0.1) is 0 Å². The van der Waals surface area contributed by atoms with Crippen molar-refractivity contribution in [2.45, 2.75) is 95.8 Å². The van der Waals surface area contributed by atoms with E-state index in [1.165, 1.54) is 19.3 Å². The van der Waals surface area contributed by atoms with Crippen LogP contribution < -0.4 is 5.43 Å². The lowest BCUT2D eigenvalue weighted by molar-refractivity contribution is -0.156. The van der Waals surface area contributed by atoms with Crippen LogP contribution >= 0.6 is 0 Å². The monoisotopic (exact) mass is 376 g/mol. The number of hydrogen-bond donors (Lipinski definition) is 1. The summed E-state index contributed by atoms with van der Waals surface area (Å²) in [6.45, 7) is 6.76. The minimum Gasteiger partial charge on any atom is -0.335 e. The summed E-state index contributed by atoms with van der Waals surface area (Å²) in [7, 11) is 0. The first-order valence-electron chi connectivity index (χ1n) is 11.2. The van der Waals surface area contributed by atoms with E-state index in [1.54, 1.807) is 6.92 Å². The number of piperazine rings is 1. The summed E-state index contributed by atoms with van der Waals surface area (Å²) >= 11 is 0. The van der Waals surface area contributed by atoms with Gasteiger partial charge in [0.1, 0.15) is 0 Å². The molecule has 2 saturated carbocycles. The molecular formula is C21H36N4O2. The lowest BCUT2D eigenvalue weighted by Gasteiger charge is -2.53. The Bertz CT molecular complexity index is 554. The van der Waals surface area contributed by atoms with Gasteiger partial charge in [0.2, 0.25) is 11.8 Å². The molecule has 0 aromatic carbocycles. The molecule has 3 unspecified atom stereocenters. The van der Waals surface area contributed by atoms with Gasteiger partial charge in [-0.2, -0.15) is 0 Å². The highest BCUT2D eigenvalue weighted by Crippen LogP contribution is 2.36. The molecule has 3 atom stereocenters. The maximum Gasteiger partial charge on any atom is 0.226 e. The highest BCUT2D eigenvalue weighted by molar-refractivity contribution is 5.80. The third-order valence-corrected chi connectivity index (χ3v) is 7.41. The van der Waals surface area contributed by atoms with E-state index in [2.05, 4.69) is 27.2 Å². The molecule has 2 heterocycles.